The number of hydrogen-bond donors (Lipinski definition) is 2. The largest absolute Gasteiger partial charge is 0.491 e. The Hall–Kier alpha value is -3.20. The lowest BCUT2D eigenvalue weighted by atomic mass is 9.92. The number of carbonyl (C=O) groups excluding carboxylic acids is 2. The number of aliphatic hydroxyl groups excluding tert-OH is 1. The second-order valence-electron chi connectivity index (χ2n) is 6.65. The van der Waals surface area contributed by atoms with E-state index in [0.717, 1.165) is 4.90 Å². The molecule has 0 saturated carbocycles. The lowest BCUT2D eigenvalue weighted by Gasteiger charge is -2.23. The molecule has 0 aliphatic carbocycles. The third-order valence-corrected chi connectivity index (χ3v) is 4.51. The number of alkyl halides is 2. The normalized spacial score (nSPS) is 20.0. The number of para-hydroxylation sites is 1. The molecule has 9 heteroatoms. The van der Waals surface area contributed by atoms with Crippen LogP contribution in [0.4, 0.5) is 13.6 Å². The van der Waals surface area contributed by atoms with Crippen LogP contribution in [0.2, 0.25) is 0 Å². The summed E-state index contributed by atoms with van der Waals surface area (Å²) in [6.07, 6.45) is -1.09. The van der Waals surface area contributed by atoms with E-state index in [1.54, 1.807) is 24.3 Å². The van der Waals surface area contributed by atoms with Crippen LogP contribution in [-0.2, 0) is 10.3 Å². The van der Waals surface area contributed by atoms with Crippen molar-refractivity contribution in [2.45, 2.75) is 25.2 Å². The van der Waals surface area contributed by atoms with Crippen LogP contribution < -0.4 is 14.8 Å². The van der Waals surface area contributed by atoms with Gasteiger partial charge < -0.3 is 19.9 Å². The molecular formula is C20H20F2N2O5. The van der Waals surface area contributed by atoms with Gasteiger partial charge in [-0.25, -0.2) is 4.79 Å². The molecule has 0 spiro atoms. The lowest BCUT2D eigenvalue weighted by molar-refractivity contribution is -0.132. The first-order valence-corrected chi connectivity index (χ1v) is 8.85. The molecule has 1 fully saturated rings. The summed E-state index contributed by atoms with van der Waals surface area (Å²) in [5, 5.41) is 12.8. The second-order valence-corrected chi connectivity index (χ2v) is 6.65. The van der Waals surface area contributed by atoms with Crippen molar-refractivity contribution in [2.24, 2.45) is 0 Å². The van der Waals surface area contributed by atoms with E-state index >= 15 is 0 Å². The molecule has 1 saturated heterocycles. The molecule has 0 aromatic heterocycles. The van der Waals surface area contributed by atoms with Gasteiger partial charge in [0.15, 0.2) is 0 Å². The van der Waals surface area contributed by atoms with E-state index in [1.165, 1.54) is 31.2 Å². The molecule has 1 aliphatic rings. The zero-order valence-electron chi connectivity index (χ0n) is 15.5. The SMILES string of the molecule is C[C@@]1(c2ccc(OC(F)F)cc2)NC(=O)N(C[C@@H](O)COc2ccccc2)C1=O. The molecule has 2 N–H and O–H groups in total. The summed E-state index contributed by atoms with van der Waals surface area (Å²) in [6, 6.07) is 13.6. The topological polar surface area (TPSA) is 88.1 Å². The van der Waals surface area contributed by atoms with E-state index in [2.05, 4.69) is 10.1 Å². The van der Waals surface area contributed by atoms with Gasteiger partial charge in [0.2, 0.25) is 0 Å². The number of hydrogen-bond acceptors (Lipinski definition) is 5. The minimum Gasteiger partial charge on any atom is -0.491 e. The first-order chi connectivity index (χ1) is 13.8. The van der Waals surface area contributed by atoms with E-state index in [4.69, 9.17) is 4.74 Å². The Morgan fingerprint density at radius 3 is 2.34 bits per heavy atom. The average Bonchev–Trinajstić information content (AvgIpc) is 2.91. The van der Waals surface area contributed by atoms with Crippen LogP contribution in [0.25, 0.3) is 0 Å². The number of ether oxygens (including phenoxy) is 2. The highest BCUT2D eigenvalue weighted by Crippen LogP contribution is 2.30. The number of nitrogens with one attached hydrogen (secondary N) is 1. The quantitative estimate of drug-likeness (QED) is 0.658. The zero-order valence-corrected chi connectivity index (χ0v) is 15.5. The molecule has 2 aromatic carbocycles. The fourth-order valence-electron chi connectivity index (χ4n) is 3.00. The van der Waals surface area contributed by atoms with Crippen LogP contribution in [0, 0.1) is 0 Å². The van der Waals surface area contributed by atoms with Gasteiger partial charge in [-0.15, -0.1) is 0 Å². The Bertz CT molecular complexity index is 863. The van der Waals surface area contributed by atoms with Crippen molar-refractivity contribution < 1.29 is 33.0 Å². The number of β-amino-alcohol motifs (C(OH)–C–C–N with tert-alkyl or cyclic N) is 1. The van der Waals surface area contributed by atoms with Gasteiger partial charge in [0.05, 0.1) is 6.54 Å². The molecule has 2 aromatic rings. The number of halogens is 2. The van der Waals surface area contributed by atoms with Crippen LogP contribution >= 0.6 is 0 Å². The summed E-state index contributed by atoms with van der Waals surface area (Å²) >= 11 is 0. The summed E-state index contributed by atoms with van der Waals surface area (Å²) < 4.78 is 34.3. The lowest BCUT2D eigenvalue weighted by Crippen LogP contribution is -2.42. The number of urea groups is 1. The van der Waals surface area contributed by atoms with Crippen LogP contribution in [0.3, 0.4) is 0 Å². The number of nitrogens with zero attached hydrogens (tertiary/aromatic N) is 1. The predicted octanol–water partition coefficient (Wildman–Crippen LogP) is 2.49. The highest BCUT2D eigenvalue weighted by atomic mass is 19.3. The maximum Gasteiger partial charge on any atom is 0.387 e. The zero-order chi connectivity index (χ0) is 21.0. The number of aliphatic hydroxyl groups is 1. The number of rotatable bonds is 8. The minimum atomic E-state index is -2.96. The van der Waals surface area contributed by atoms with Crippen LogP contribution in [0.5, 0.6) is 11.5 Å². The molecule has 1 aliphatic heterocycles. The van der Waals surface area contributed by atoms with Gasteiger partial charge in [0.1, 0.15) is 29.7 Å². The van der Waals surface area contributed by atoms with Crippen molar-refractivity contribution in [3.05, 3.63) is 60.2 Å². The van der Waals surface area contributed by atoms with E-state index < -0.39 is 30.2 Å². The molecule has 2 atom stereocenters. The standard InChI is InChI=1S/C20H20F2N2O5/c1-20(13-7-9-16(10-8-13)29-18(21)22)17(26)24(19(27)23-20)11-14(25)12-28-15-5-3-2-4-6-15/h2-10,14,18,25H,11-12H2,1H3,(H,23,27)/t14-,20+/m1/s1. The third kappa shape index (κ3) is 4.62. The molecule has 29 heavy (non-hydrogen) atoms. The van der Waals surface area contributed by atoms with Crippen LogP contribution in [0.15, 0.2) is 54.6 Å². The number of carbonyl (C=O) groups is 2. The summed E-state index contributed by atoms with van der Waals surface area (Å²) in [5.74, 6) is -0.0713. The fourth-order valence-corrected chi connectivity index (χ4v) is 3.00. The fraction of sp³-hybridized carbons (Fsp3) is 0.300. The smallest absolute Gasteiger partial charge is 0.387 e. The summed E-state index contributed by atoms with van der Waals surface area (Å²) in [6.45, 7) is -1.81. The molecule has 0 unspecified atom stereocenters. The van der Waals surface area contributed by atoms with Gasteiger partial charge >= 0.3 is 12.6 Å². The maximum atomic E-state index is 12.8. The Morgan fingerprint density at radius 2 is 1.72 bits per heavy atom. The predicted molar refractivity (Wildman–Crippen MR) is 98.6 cm³/mol. The van der Waals surface area contributed by atoms with Gasteiger partial charge in [-0.05, 0) is 36.8 Å². The van der Waals surface area contributed by atoms with Crippen molar-refractivity contribution in [3.8, 4) is 11.5 Å². The molecule has 0 bridgehead atoms. The van der Waals surface area contributed by atoms with Crippen molar-refractivity contribution in [2.75, 3.05) is 13.2 Å². The van der Waals surface area contributed by atoms with Gasteiger partial charge in [-0.3, -0.25) is 9.69 Å². The third-order valence-electron chi connectivity index (χ3n) is 4.51. The number of imide groups is 1. The highest BCUT2D eigenvalue weighted by molar-refractivity contribution is 6.07. The van der Waals surface area contributed by atoms with E-state index in [1.807, 2.05) is 6.07 Å². The monoisotopic (exact) mass is 406 g/mol. The van der Waals surface area contributed by atoms with Crippen molar-refractivity contribution in [1.82, 2.24) is 10.2 Å². The Morgan fingerprint density at radius 1 is 1.07 bits per heavy atom. The molecule has 3 amide bonds. The Kier molecular flexibility index (Phi) is 5.97. The Labute approximate surface area is 165 Å². The van der Waals surface area contributed by atoms with Gasteiger partial charge in [0, 0.05) is 0 Å². The first kappa shape index (κ1) is 20.5. The molecule has 3 rings (SSSR count). The molecule has 1 heterocycles. The molecule has 154 valence electrons. The number of amides is 3. The van der Waals surface area contributed by atoms with E-state index in [0.29, 0.717) is 11.3 Å². The Balaban J connectivity index is 1.65. The maximum absolute atomic E-state index is 12.8. The van der Waals surface area contributed by atoms with Gasteiger partial charge in [-0.2, -0.15) is 8.78 Å². The summed E-state index contributed by atoms with van der Waals surface area (Å²) in [7, 11) is 0. The number of benzene rings is 2. The summed E-state index contributed by atoms with van der Waals surface area (Å²) in [5.41, 5.74) is -0.990. The van der Waals surface area contributed by atoms with Crippen LogP contribution in [0.1, 0.15) is 12.5 Å². The van der Waals surface area contributed by atoms with Crippen LogP contribution in [-0.4, -0.2) is 47.8 Å². The summed E-state index contributed by atoms with van der Waals surface area (Å²) in [4.78, 5) is 26.1. The minimum absolute atomic E-state index is 0.0607. The average molecular weight is 406 g/mol. The molecule has 7 nitrogen and oxygen atoms in total. The van der Waals surface area contributed by atoms with E-state index in [-0.39, 0.29) is 18.9 Å². The highest BCUT2D eigenvalue weighted by Gasteiger charge is 2.49. The van der Waals surface area contributed by atoms with Crippen molar-refractivity contribution in [1.29, 1.82) is 0 Å². The molecule has 0 radical (unpaired) electrons. The van der Waals surface area contributed by atoms with Gasteiger partial charge in [-0.1, -0.05) is 30.3 Å². The van der Waals surface area contributed by atoms with E-state index in [9.17, 15) is 23.5 Å². The van der Waals surface area contributed by atoms with Crippen molar-refractivity contribution in [3.63, 3.8) is 0 Å². The first-order valence-electron chi connectivity index (χ1n) is 8.85. The van der Waals surface area contributed by atoms with Crippen molar-refractivity contribution >= 4 is 11.9 Å². The molecular weight excluding hydrogens is 386 g/mol. The second kappa shape index (κ2) is 8.44. The van der Waals surface area contributed by atoms with Gasteiger partial charge in [0.25, 0.3) is 5.91 Å².